The number of fused-ring (bicyclic) bond motifs is 1. The summed E-state index contributed by atoms with van der Waals surface area (Å²) in [6.07, 6.45) is 0. The minimum absolute atomic E-state index is 0.0171. The molecule has 0 saturated heterocycles. The Bertz CT molecular complexity index is 740. The Hall–Kier alpha value is -2.21. The normalized spacial score (nSPS) is 17.3. The molecule has 0 unspecified atom stereocenters. The topological polar surface area (TPSA) is 53.5 Å². The maximum absolute atomic E-state index is 12.8. The molecule has 2 heterocycles. The van der Waals surface area contributed by atoms with Crippen molar-refractivity contribution >= 4 is 34.5 Å². The molecule has 22 heavy (non-hydrogen) atoms. The first-order valence-corrected chi connectivity index (χ1v) is 8.00. The number of aryl methyl sites for hydroxylation is 1. The van der Waals surface area contributed by atoms with Crippen molar-refractivity contribution < 1.29 is 9.59 Å². The maximum atomic E-state index is 12.8. The van der Waals surface area contributed by atoms with E-state index in [0.717, 1.165) is 16.4 Å². The van der Waals surface area contributed by atoms with Crippen molar-refractivity contribution in [1.82, 2.24) is 4.98 Å². The summed E-state index contributed by atoms with van der Waals surface area (Å²) in [6, 6.07) is 7.42. The summed E-state index contributed by atoms with van der Waals surface area (Å²) < 4.78 is 0. The molecule has 0 aliphatic carbocycles. The molecule has 0 radical (unpaired) electrons. The third-order valence-corrected chi connectivity index (χ3v) is 4.52. The molecular weight excluding hydrogens is 298 g/mol. The van der Waals surface area contributed by atoms with E-state index in [4.69, 9.17) is 0 Å². The number of hydrogen-bond donors (Lipinski definition) is 0. The number of thiazole rings is 1. The van der Waals surface area contributed by atoms with Gasteiger partial charge in [0.05, 0.1) is 22.4 Å². The molecule has 1 aromatic carbocycles. The highest BCUT2D eigenvalue weighted by atomic mass is 32.1. The first kappa shape index (κ1) is 14.7. The van der Waals surface area contributed by atoms with Crippen molar-refractivity contribution in [2.75, 3.05) is 16.3 Å². The van der Waals surface area contributed by atoms with Gasteiger partial charge >= 0.3 is 0 Å². The molecule has 114 valence electrons. The van der Waals surface area contributed by atoms with Crippen molar-refractivity contribution in [2.24, 2.45) is 0 Å². The number of carbonyl (C=O) groups is 2. The average Bonchev–Trinajstić information content (AvgIpc) is 2.91. The van der Waals surface area contributed by atoms with Gasteiger partial charge in [0.2, 0.25) is 5.91 Å². The minimum Gasteiger partial charge on any atom is -0.306 e. The van der Waals surface area contributed by atoms with Crippen molar-refractivity contribution in [2.45, 2.75) is 26.8 Å². The van der Waals surface area contributed by atoms with Gasteiger partial charge in [0.25, 0.3) is 5.91 Å². The second kappa shape index (κ2) is 5.53. The summed E-state index contributed by atoms with van der Waals surface area (Å²) in [7, 11) is 0. The smallest absolute Gasteiger partial charge is 0.277 e. The minimum atomic E-state index is -0.119. The van der Waals surface area contributed by atoms with Gasteiger partial charge in [0.15, 0.2) is 0 Å². The first-order valence-electron chi connectivity index (χ1n) is 7.12. The third kappa shape index (κ3) is 2.39. The predicted molar refractivity (Wildman–Crippen MR) is 87.6 cm³/mol. The van der Waals surface area contributed by atoms with Gasteiger partial charge in [-0.05, 0) is 26.0 Å². The molecule has 1 aliphatic rings. The molecule has 3 rings (SSSR count). The number of carbonyl (C=O) groups excluding carboxylic acids is 2. The number of benzene rings is 1. The standard InChI is InChI=1S/C16H17N3O2S/c1-10-8-18(16(21)13-9-22-11(2)17-13)14-6-4-5-7-15(14)19(10)12(3)20/h4-7,9-10H,8H2,1-3H3/t10-/m0/s1. The number of nitrogens with zero attached hydrogens (tertiary/aromatic N) is 3. The van der Waals surface area contributed by atoms with Crippen LogP contribution in [0.3, 0.4) is 0 Å². The van der Waals surface area contributed by atoms with Crippen LogP contribution >= 0.6 is 11.3 Å². The summed E-state index contributed by atoms with van der Waals surface area (Å²) in [6.45, 7) is 5.84. The summed E-state index contributed by atoms with van der Waals surface area (Å²) in [5, 5.41) is 2.65. The van der Waals surface area contributed by atoms with Crippen molar-refractivity contribution in [3.63, 3.8) is 0 Å². The Labute approximate surface area is 133 Å². The van der Waals surface area contributed by atoms with Gasteiger partial charge in [0, 0.05) is 18.8 Å². The Morgan fingerprint density at radius 3 is 2.55 bits per heavy atom. The number of aromatic nitrogens is 1. The quantitative estimate of drug-likeness (QED) is 0.813. The van der Waals surface area contributed by atoms with Crippen molar-refractivity contribution in [3.8, 4) is 0 Å². The second-order valence-corrected chi connectivity index (χ2v) is 6.46. The Kier molecular flexibility index (Phi) is 3.70. The number of hydrogen-bond acceptors (Lipinski definition) is 4. The van der Waals surface area contributed by atoms with Crippen LogP contribution in [0.25, 0.3) is 0 Å². The van der Waals surface area contributed by atoms with Crippen LogP contribution in [-0.2, 0) is 4.79 Å². The maximum Gasteiger partial charge on any atom is 0.277 e. The number of para-hydroxylation sites is 2. The zero-order valence-corrected chi connectivity index (χ0v) is 13.6. The number of rotatable bonds is 1. The Morgan fingerprint density at radius 1 is 1.27 bits per heavy atom. The highest BCUT2D eigenvalue weighted by molar-refractivity contribution is 7.09. The van der Waals surface area contributed by atoms with E-state index < -0.39 is 0 Å². The largest absolute Gasteiger partial charge is 0.306 e. The predicted octanol–water partition coefficient (Wildman–Crippen LogP) is 2.85. The fraction of sp³-hybridized carbons (Fsp3) is 0.312. The zero-order chi connectivity index (χ0) is 15.9. The van der Waals surface area contributed by atoms with Crippen LogP contribution in [0.2, 0.25) is 0 Å². The van der Waals surface area contributed by atoms with Gasteiger partial charge in [-0.3, -0.25) is 9.59 Å². The lowest BCUT2D eigenvalue weighted by Crippen LogP contribution is -2.51. The summed E-state index contributed by atoms with van der Waals surface area (Å²) >= 11 is 1.46. The van der Waals surface area contributed by atoms with Gasteiger partial charge in [-0.2, -0.15) is 0 Å². The van der Waals surface area contributed by atoms with E-state index >= 15 is 0 Å². The fourth-order valence-corrected chi connectivity index (χ4v) is 3.44. The SMILES string of the molecule is CC(=O)N1c2ccccc2N(C(=O)c2csc(C)n2)C[C@@H]1C. The Morgan fingerprint density at radius 2 is 1.95 bits per heavy atom. The molecule has 1 aliphatic heterocycles. The summed E-state index contributed by atoms with van der Waals surface area (Å²) in [4.78, 5) is 32.4. The van der Waals surface area contributed by atoms with E-state index in [-0.39, 0.29) is 17.9 Å². The van der Waals surface area contributed by atoms with Crippen molar-refractivity contribution in [1.29, 1.82) is 0 Å². The molecule has 6 heteroatoms. The molecular formula is C16H17N3O2S. The molecule has 1 atom stereocenters. The molecule has 0 N–H and O–H groups in total. The number of anilines is 2. The van der Waals surface area contributed by atoms with E-state index in [1.165, 1.54) is 11.3 Å². The molecule has 2 amide bonds. The summed E-state index contributed by atoms with van der Waals surface area (Å²) in [5.74, 6) is -0.136. The van der Waals surface area contributed by atoms with Crippen LogP contribution in [0.5, 0.6) is 0 Å². The van der Waals surface area contributed by atoms with Gasteiger partial charge in [0.1, 0.15) is 5.69 Å². The van der Waals surface area contributed by atoms with Crippen LogP contribution in [0.1, 0.15) is 29.3 Å². The van der Waals surface area contributed by atoms with E-state index in [9.17, 15) is 9.59 Å². The van der Waals surface area contributed by atoms with E-state index in [1.807, 2.05) is 38.1 Å². The average molecular weight is 315 g/mol. The zero-order valence-electron chi connectivity index (χ0n) is 12.7. The van der Waals surface area contributed by atoms with Gasteiger partial charge in [-0.25, -0.2) is 4.98 Å². The highest BCUT2D eigenvalue weighted by Gasteiger charge is 2.34. The van der Waals surface area contributed by atoms with Crippen LogP contribution < -0.4 is 9.80 Å². The first-order chi connectivity index (χ1) is 10.5. The van der Waals surface area contributed by atoms with Gasteiger partial charge in [-0.15, -0.1) is 11.3 Å². The van der Waals surface area contributed by atoms with Gasteiger partial charge in [-0.1, -0.05) is 12.1 Å². The van der Waals surface area contributed by atoms with E-state index in [0.29, 0.717) is 12.2 Å². The van der Waals surface area contributed by atoms with Crippen LogP contribution in [0.15, 0.2) is 29.6 Å². The van der Waals surface area contributed by atoms with E-state index in [2.05, 4.69) is 4.98 Å². The summed E-state index contributed by atoms with van der Waals surface area (Å²) in [5.41, 5.74) is 1.99. The molecule has 0 fully saturated rings. The third-order valence-electron chi connectivity index (χ3n) is 3.74. The lowest BCUT2D eigenvalue weighted by molar-refractivity contribution is -0.117. The Balaban J connectivity index is 2.05. The van der Waals surface area contributed by atoms with Gasteiger partial charge < -0.3 is 9.80 Å². The molecule has 2 aromatic rings. The van der Waals surface area contributed by atoms with Crippen LogP contribution in [0.4, 0.5) is 11.4 Å². The molecule has 0 spiro atoms. The monoisotopic (exact) mass is 315 g/mol. The lowest BCUT2D eigenvalue weighted by atomic mass is 10.1. The van der Waals surface area contributed by atoms with Crippen molar-refractivity contribution in [3.05, 3.63) is 40.3 Å². The molecule has 5 nitrogen and oxygen atoms in total. The van der Waals surface area contributed by atoms with E-state index in [1.54, 1.807) is 22.1 Å². The molecule has 0 saturated carbocycles. The highest BCUT2D eigenvalue weighted by Crippen LogP contribution is 2.36. The lowest BCUT2D eigenvalue weighted by Gasteiger charge is -2.40. The number of amides is 2. The molecule has 1 aromatic heterocycles. The molecule has 0 bridgehead atoms. The fourth-order valence-electron chi connectivity index (χ4n) is 2.85. The van der Waals surface area contributed by atoms with Crippen LogP contribution in [0, 0.1) is 6.92 Å². The van der Waals surface area contributed by atoms with Crippen LogP contribution in [-0.4, -0.2) is 29.4 Å². The second-order valence-electron chi connectivity index (χ2n) is 5.39.